The van der Waals surface area contributed by atoms with E-state index in [1.807, 2.05) is 52.0 Å². The van der Waals surface area contributed by atoms with Gasteiger partial charge in [-0.2, -0.15) is 0 Å². The van der Waals surface area contributed by atoms with Crippen LogP contribution in [0.4, 0.5) is 0 Å². The summed E-state index contributed by atoms with van der Waals surface area (Å²) >= 11 is 1.07. The molecule has 0 aliphatic rings. The van der Waals surface area contributed by atoms with Gasteiger partial charge < -0.3 is 0 Å². The quantitative estimate of drug-likeness (QED) is 0.716. The Morgan fingerprint density at radius 2 is 1.77 bits per heavy atom. The van der Waals surface area contributed by atoms with Crippen molar-refractivity contribution in [2.45, 2.75) is 44.7 Å². The van der Waals surface area contributed by atoms with Gasteiger partial charge in [-0.3, -0.25) is 9.36 Å². The predicted octanol–water partition coefficient (Wildman–Crippen LogP) is 3.99. The summed E-state index contributed by atoms with van der Waals surface area (Å²) in [5.41, 5.74) is 2.74. The Morgan fingerprint density at radius 1 is 1.08 bits per heavy atom. The van der Waals surface area contributed by atoms with Gasteiger partial charge in [-0.25, -0.2) is 13.1 Å². The molecule has 0 saturated heterocycles. The Kier molecular flexibility index (Phi) is 5.05. The van der Waals surface area contributed by atoms with Crippen LogP contribution in [0.25, 0.3) is 10.2 Å². The van der Waals surface area contributed by atoms with Gasteiger partial charge in [0.1, 0.15) is 0 Å². The minimum atomic E-state index is -3.69. The third-order valence-electron chi connectivity index (χ3n) is 4.40. The molecule has 0 radical (unpaired) electrons. The zero-order valence-electron chi connectivity index (χ0n) is 15.2. The molecule has 0 saturated carbocycles. The van der Waals surface area contributed by atoms with Crippen LogP contribution in [0.3, 0.4) is 0 Å². The van der Waals surface area contributed by atoms with Gasteiger partial charge in [0, 0.05) is 12.1 Å². The normalized spacial score (nSPS) is 13.4. The number of aryl methyl sites for hydroxylation is 1. The lowest BCUT2D eigenvalue weighted by atomic mass is 10.0. The summed E-state index contributed by atoms with van der Waals surface area (Å²) in [6.07, 6.45) is 0. The minimum Gasteiger partial charge on any atom is -0.296 e. The maximum atomic E-state index is 12.8. The first kappa shape index (κ1) is 18.8. The number of hydrogen-bond donors (Lipinski definition) is 1. The maximum Gasteiger partial charge on any atom is 0.308 e. The van der Waals surface area contributed by atoms with Crippen molar-refractivity contribution in [2.75, 3.05) is 0 Å². The van der Waals surface area contributed by atoms with Gasteiger partial charge in [0.15, 0.2) is 0 Å². The van der Waals surface area contributed by atoms with Crippen molar-refractivity contribution < 1.29 is 8.42 Å². The molecule has 0 aliphatic carbocycles. The van der Waals surface area contributed by atoms with E-state index in [0.29, 0.717) is 4.70 Å². The lowest BCUT2D eigenvalue weighted by molar-refractivity contribution is 0.566. The van der Waals surface area contributed by atoms with Crippen molar-refractivity contribution >= 4 is 31.6 Å². The molecular formula is C19H22N2O3S2. The molecule has 3 aromatic rings. The van der Waals surface area contributed by atoms with Gasteiger partial charge in [-0.15, -0.1) is 0 Å². The zero-order chi connectivity index (χ0) is 19.1. The van der Waals surface area contributed by atoms with Crippen LogP contribution < -0.4 is 9.60 Å². The van der Waals surface area contributed by atoms with Crippen molar-refractivity contribution in [1.29, 1.82) is 0 Å². The van der Waals surface area contributed by atoms with Crippen LogP contribution in [-0.4, -0.2) is 13.0 Å². The topological polar surface area (TPSA) is 68.2 Å². The number of benzene rings is 2. The van der Waals surface area contributed by atoms with Gasteiger partial charge in [-0.1, -0.05) is 35.6 Å². The number of sulfonamides is 1. The van der Waals surface area contributed by atoms with E-state index < -0.39 is 10.0 Å². The number of hydrogen-bond acceptors (Lipinski definition) is 4. The fraction of sp³-hybridized carbons (Fsp3) is 0.316. The summed E-state index contributed by atoms with van der Waals surface area (Å²) in [5.74, 6) is 0. The van der Waals surface area contributed by atoms with Crippen molar-refractivity contribution in [1.82, 2.24) is 9.29 Å². The average molecular weight is 391 g/mol. The molecule has 138 valence electrons. The Hall–Kier alpha value is -1.96. The van der Waals surface area contributed by atoms with Gasteiger partial charge in [-0.05, 0) is 57.0 Å². The van der Waals surface area contributed by atoms with Crippen LogP contribution in [-0.2, 0) is 10.0 Å². The van der Waals surface area contributed by atoms with E-state index in [4.69, 9.17) is 0 Å². The summed E-state index contributed by atoms with van der Waals surface area (Å²) in [6.45, 7) is 7.65. The maximum absolute atomic E-state index is 12.8. The lowest BCUT2D eigenvalue weighted by Crippen LogP contribution is -2.27. The number of fused-ring (bicyclic) bond motifs is 1. The van der Waals surface area contributed by atoms with Crippen LogP contribution in [0.5, 0.6) is 0 Å². The molecule has 1 aromatic heterocycles. The predicted molar refractivity (Wildman–Crippen MR) is 106 cm³/mol. The second-order valence-corrected chi connectivity index (χ2v) is 9.37. The molecule has 0 bridgehead atoms. The third-order valence-corrected chi connectivity index (χ3v) is 6.85. The van der Waals surface area contributed by atoms with E-state index in [0.717, 1.165) is 28.0 Å². The highest BCUT2D eigenvalue weighted by atomic mass is 32.2. The molecule has 0 unspecified atom stereocenters. The molecule has 1 N–H and O–H groups in total. The third kappa shape index (κ3) is 3.47. The molecule has 0 amide bonds. The molecule has 0 aliphatic heterocycles. The molecule has 5 nitrogen and oxygen atoms in total. The fourth-order valence-corrected chi connectivity index (χ4v) is 5.49. The van der Waals surface area contributed by atoms with Crippen molar-refractivity contribution in [3.8, 4) is 0 Å². The lowest BCUT2D eigenvalue weighted by Gasteiger charge is -2.17. The van der Waals surface area contributed by atoms with E-state index >= 15 is 0 Å². The summed E-state index contributed by atoms with van der Waals surface area (Å²) in [6, 6.07) is 12.2. The van der Waals surface area contributed by atoms with Gasteiger partial charge in [0.05, 0.1) is 15.1 Å². The summed E-state index contributed by atoms with van der Waals surface area (Å²) in [5, 5.41) is 0. The van der Waals surface area contributed by atoms with E-state index in [1.54, 1.807) is 22.8 Å². The standard InChI is InChI=1S/C19H22N2O3S2/c1-12(2)21-17-10-9-15(11-18(17)25-19(21)22)26(23,24)20-14(4)16-8-6-5-7-13(16)3/h5-12,14,20H,1-4H3/t14-/m1/s1. The van der Waals surface area contributed by atoms with Crippen molar-refractivity contribution in [2.24, 2.45) is 0 Å². The van der Waals surface area contributed by atoms with Gasteiger partial charge in [0.2, 0.25) is 10.0 Å². The SMILES string of the molecule is Cc1ccccc1[C@@H](C)NS(=O)(=O)c1ccc2c(c1)sc(=O)n2C(C)C. The number of nitrogens with one attached hydrogen (secondary N) is 1. The first-order valence-corrected chi connectivity index (χ1v) is 10.7. The second-order valence-electron chi connectivity index (χ2n) is 6.66. The molecule has 1 heterocycles. The fourth-order valence-electron chi connectivity index (χ4n) is 3.11. The first-order valence-electron chi connectivity index (χ1n) is 8.43. The van der Waals surface area contributed by atoms with Gasteiger partial charge in [0.25, 0.3) is 0 Å². The summed E-state index contributed by atoms with van der Waals surface area (Å²) in [7, 11) is -3.69. The Morgan fingerprint density at radius 3 is 2.42 bits per heavy atom. The number of thiazole rings is 1. The highest BCUT2D eigenvalue weighted by molar-refractivity contribution is 7.89. The number of nitrogens with zero attached hydrogens (tertiary/aromatic N) is 1. The monoisotopic (exact) mass is 390 g/mol. The van der Waals surface area contributed by atoms with E-state index in [1.165, 1.54) is 0 Å². The largest absolute Gasteiger partial charge is 0.308 e. The minimum absolute atomic E-state index is 0.0258. The average Bonchev–Trinajstić information content (AvgIpc) is 2.89. The molecular weight excluding hydrogens is 368 g/mol. The number of rotatable bonds is 5. The Balaban J connectivity index is 1.97. The molecule has 3 rings (SSSR count). The Labute approximate surface area is 157 Å². The highest BCUT2D eigenvalue weighted by Crippen LogP contribution is 2.25. The molecule has 0 spiro atoms. The molecule has 1 atom stereocenters. The summed E-state index contributed by atoms with van der Waals surface area (Å²) < 4.78 is 30.7. The van der Waals surface area contributed by atoms with Crippen LogP contribution >= 0.6 is 11.3 Å². The van der Waals surface area contributed by atoms with Gasteiger partial charge >= 0.3 is 4.87 Å². The Bertz CT molecular complexity index is 1110. The van der Waals surface area contributed by atoms with Crippen LogP contribution in [0.1, 0.15) is 44.0 Å². The van der Waals surface area contributed by atoms with Crippen LogP contribution in [0.15, 0.2) is 52.2 Å². The second kappa shape index (κ2) is 6.98. The van der Waals surface area contributed by atoms with Crippen molar-refractivity contribution in [3.05, 3.63) is 63.3 Å². The molecule has 26 heavy (non-hydrogen) atoms. The number of aromatic nitrogens is 1. The van der Waals surface area contributed by atoms with Crippen molar-refractivity contribution in [3.63, 3.8) is 0 Å². The van der Waals surface area contributed by atoms with E-state index in [2.05, 4.69) is 4.72 Å². The summed E-state index contributed by atoms with van der Waals surface area (Å²) in [4.78, 5) is 12.2. The van der Waals surface area contributed by atoms with E-state index in [9.17, 15) is 13.2 Å². The van der Waals surface area contributed by atoms with Crippen LogP contribution in [0, 0.1) is 6.92 Å². The first-order chi connectivity index (χ1) is 12.2. The molecule has 0 fully saturated rings. The molecule has 2 aromatic carbocycles. The van der Waals surface area contributed by atoms with Crippen LogP contribution in [0.2, 0.25) is 0 Å². The molecule has 7 heteroatoms. The smallest absolute Gasteiger partial charge is 0.296 e. The zero-order valence-corrected chi connectivity index (χ0v) is 16.8. The van der Waals surface area contributed by atoms with E-state index in [-0.39, 0.29) is 21.9 Å². The highest BCUT2D eigenvalue weighted by Gasteiger charge is 2.21.